The fourth-order valence-corrected chi connectivity index (χ4v) is 6.45. The summed E-state index contributed by atoms with van der Waals surface area (Å²) in [7, 11) is 7.33. The lowest BCUT2D eigenvalue weighted by Gasteiger charge is -1.99. The van der Waals surface area contributed by atoms with Crippen LogP contribution in [0.2, 0.25) is 0 Å². The standard InChI is InChI=1S/C11H9ClO2S3/c12-17-11(15-7-10(13)14)6-9(16-17)8-4-2-1-3-5-8/h1-6H,7H2,(H,13,14). The van der Waals surface area contributed by atoms with Crippen molar-refractivity contribution in [1.82, 2.24) is 0 Å². The molecule has 0 saturated heterocycles. The Bertz CT molecular complexity index is 497. The van der Waals surface area contributed by atoms with E-state index in [9.17, 15) is 4.79 Å². The Balaban J connectivity index is 2.11. The van der Waals surface area contributed by atoms with Crippen LogP contribution in [0.15, 0.2) is 36.4 Å². The number of aliphatic carboxylic acids is 1. The maximum Gasteiger partial charge on any atom is 0.313 e. The van der Waals surface area contributed by atoms with Gasteiger partial charge in [-0.3, -0.25) is 4.79 Å². The smallest absolute Gasteiger partial charge is 0.313 e. The Kier molecular flexibility index (Phi) is 4.62. The van der Waals surface area contributed by atoms with Gasteiger partial charge in [-0.2, -0.15) is 0 Å². The predicted octanol–water partition coefficient (Wildman–Crippen LogP) is 4.06. The van der Waals surface area contributed by atoms with E-state index in [4.69, 9.17) is 15.8 Å². The van der Waals surface area contributed by atoms with E-state index >= 15 is 0 Å². The lowest BCUT2D eigenvalue weighted by atomic mass is 10.2. The number of thioether (sulfide) groups is 1. The highest BCUT2D eigenvalue weighted by atomic mass is 35.7. The molecule has 1 heterocycles. The lowest BCUT2D eigenvalue weighted by molar-refractivity contribution is -0.133. The van der Waals surface area contributed by atoms with Crippen LogP contribution in [-0.4, -0.2) is 21.0 Å². The van der Waals surface area contributed by atoms with Gasteiger partial charge in [0.1, 0.15) is 0 Å². The van der Waals surface area contributed by atoms with Crippen molar-refractivity contribution < 1.29 is 9.90 Å². The summed E-state index contributed by atoms with van der Waals surface area (Å²) < 4.78 is 0.943. The molecule has 1 aliphatic rings. The Morgan fingerprint density at radius 2 is 2.12 bits per heavy atom. The summed E-state index contributed by atoms with van der Waals surface area (Å²) in [4.78, 5) is 11.6. The van der Waals surface area contributed by atoms with Gasteiger partial charge in [-0.15, -0.1) is 11.8 Å². The van der Waals surface area contributed by atoms with Crippen LogP contribution in [0.1, 0.15) is 5.56 Å². The molecule has 0 aliphatic carbocycles. The highest BCUT2D eigenvalue weighted by Gasteiger charge is 2.17. The number of rotatable bonds is 3. The van der Waals surface area contributed by atoms with Gasteiger partial charge in [0.25, 0.3) is 0 Å². The molecule has 2 nitrogen and oxygen atoms in total. The van der Waals surface area contributed by atoms with Crippen molar-refractivity contribution >= 4 is 57.0 Å². The lowest BCUT2D eigenvalue weighted by Crippen LogP contribution is -1.99. The minimum absolute atomic E-state index is 0.0602. The second-order valence-corrected chi connectivity index (χ2v) is 8.93. The highest BCUT2D eigenvalue weighted by molar-refractivity contribution is 8.97. The molecule has 0 amide bonds. The third kappa shape index (κ3) is 3.55. The number of benzene rings is 1. The van der Waals surface area contributed by atoms with E-state index in [2.05, 4.69) is 0 Å². The molecule has 0 saturated carbocycles. The zero-order valence-corrected chi connectivity index (χ0v) is 11.8. The summed E-state index contributed by atoms with van der Waals surface area (Å²) in [5, 5.41) is 8.64. The monoisotopic (exact) mass is 304 g/mol. The van der Waals surface area contributed by atoms with Crippen LogP contribution in [0.5, 0.6) is 0 Å². The topological polar surface area (TPSA) is 37.3 Å². The molecule has 0 radical (unpaired) electrons. The van der Waals surface area contributed by atoms with Gasteiger partial charge in [0.05, 0.1) is 9.95 Å². The molecule has 0 spiro atoms. The molecule has 1 aromatic carbocycles. The minimum atomic E-state index is -0.817. The van der Waals surface area contributed by atoms with Crippen LogP contribution in [-0.2, 0) is 4.79 Å². The Labute approximate surface area is 114 Å². The van der Waals surface area contributed by atoms with Gasteiger partial charge in [-0.25, -0.2) is 0 Å². The van der Waals surface area contributed by atoms with Crippen LogP contribution in [0.4, 0.5) is 0 Å². The molecular weight excluding hydrogens is 296 g/mol. The third-order valence-electron chi connectivity index (χ3n) is 1.97. The van der Waals surface area contributed by atoms with Gasteiger partial charge < -0.3 is 5.11 Å². The molecule has 2 rings (SSSR count). The SMILES string of the molecule is O=C(O)CSC1=S(Cl)SC(c2ccccc2)=C1. The Morgan fingerprint density at radius 3 is 2.76 bits per heavy atom. The molecular formula is C11H9ClO2S3. The van der Waals surface area contributed by atoms with Crippen molar-refractivity contribution in [2.45, 2.75) is 0 Å². The van der Waals surface area contributed by atoms with E-state index in [-0.39, 0.29) is 5.75 Å². The molecule has 90 valence electrons. The molecule has 1 atom stereocenters. The van der Waals surface area contributed by atoms with Crippen LogP contribution in [0, 0.1) is 0 Å². The van der Waals surface area contributed by atoms with E-state index in [0.717, 1.165) is 14.7 Å². The van der Waals surface area contributed by atoms with Gasteiger partial charge in [0.2, 0.25) is 0 Å². The zero-order valence-electron chi connectivity index (χ0n) is 8.63. The molecule has 17 heavy (non-hydrogen) atoms. The first kappa shape index (κ1) is 13.1. The van der Waals surface area contributed by atoms with E-state index in [0.29, 0.717) is 0 Å². The first-order chi connectivity index (χ1) is 8.16. The van der Waals surface area contributed by atoms with Crippen LogP contribution in [0.25, 0.3) is 4.91 Å². The Hall–Kier alpha value is -0.360. The average Bonchev–Trinajstić information content (AvgIpc) is 2.69. The molecule has 0 aromatic heterocycles. The zero-order chi connectivity index (χ0) is 12.3. The van der Waals surface area contributed by atoms with Gasteiger partial charge in [0.15, 0.2) is 0 Å². The summed E-state index contributed by atoms with van der Waals surface area (Å²) in [6.45, 7) is 0. The first-order valence-corrected chi connectivity index (χ1v) is 9.11. The van der Waals surface area contributed by atoms with E-state index in [1.807, 2.05) is 36.4 Å². The highest BCUT2D eigenvalue weighted by Crippen LogP contribution is 2.53. The van der Waals surface area contributed by atoms with Gasteiger partial charge >= 0.3 is 5.97 Å². The minimum Gasteiger partial charge on any atom is -0.481 e. The largest absolute Gasteiger partial charge is 0.481 e. The molecule has 1 N–H and O–H groups in total. The summed E-state index contributed by atoms with van der Waals surface area (Å²) in [6, 6.07) is 9.97. The molecule has 0 bridgehead atoms. The van der Waals surface area contributed by atoms with Crippen LogP contribution >= 0.6 is 42.0 Å². The number of halogens is 1. The maximum absolute atomic E-state index is 10.5. The van der Waals surface area contributed by atoms with E-state index in [1.165, 1.54) is 11.8 Å². The van der Waals surface area contributed by atoms with Gasteiger partial charge in [0, 0.05) is 4.91 Å². The number of carboxylic acid groups (broad SMARTS) is 1. The van der Waals surface area contributed by atoms with Gasteiger partial charge in [-0.1, -0.05) is 30.3 Å². The second kappa shape index (κ2) is 6.00. The van der Waals surface area contributed by atoms with Crippen molar-refractivity contribution in [2.24, 2.45) is 0 Å². The predicted molar refractivity (Wildman–Crippen MR) is 80.6 cm³/mol. The molecule has 1 aliphatic heterocycles. The Morgan fingerprint density at radius 1 is 1.41 bits per heavy atom. The quantitative estimate of drug-likeness (QED) is 0.675. The van der Waals surface area contributed by atoms with Crippen molar-refractivity contribution in [3.05, 3.63) is 42.0 Å². The van der Waals surface area contributed by atoms with Crippen LogP contribution in [0.3, 0.4) is 0 Å². The van der Waals surface area contributed by atoms with Crippen molar-refractivity contribution in [3.63, 3.8) is 0 Å². The number of hydrogen-bond acceptors (Lipinski definition) is 3. The molecule has 6 heteroatoms. The summed E-state index contributed by atoms with van der Waals surface area (Å²) >= 11 is 1.30. The molecule has 1 unspecified atom stereocenters. The maximum atomic E-state index is 10.5. The van der Waals surface area contributed by atoms with Crippen LogP contribution < -0.4 is 0 Å². The number of carboxylic acids is 1. The summed E-state index contributed by atoms with van der Waals surface area (Å²) in [5.74, 6) is -0.757. The average molecular weight is 305 g/mol. The summed E-state index contributed by atoms with van der Waals surface area (Å²) in [6.07, 6.45) is 1.99. The van der Waals surface area contributed by atoms with Crippen molar-refractivity contribution in [1.29, 1.82) is 0 Å². The normalized spacial score (nSPS) is 19.2. The first-order valence-electron chi connectivity index (χ1n) is 4.74. The third-order valence-corrected chi connectivity index (χ3v) is 7.90. The van der Waals surface area contributed by atoms with Crippen molar-refractivity contribution in [2.75, 3.05) is 5.75 Å². The fraction of sp³-hybridized carbons (Fsp3) is 0.0909. The van der Waals surface area contributed by atoms with E-state index < -0.39 is 14.7 Å². The van der Waals surface area contributed by atoms with Crippen molar-refractivity contribution in [3.8, 4) is 0 Å². The van der Waals surface area contributed by atoms with E-state index in [1.54, 1.807) is 10.8 Å². The second-order valence-electron chi connectivity index (χ2n) is 3.18. The summed E-state index contributed by atoms with van der Waals surface area (Å²) in [5.41, 5.74) is 1.13. The molecule has 1 aromatic rings. The number of carbonyl (C=O) groups is 1. The number of hydrogen-bond donors (Lipinski definition) is 1. The fourth-order valence-electron chi connectivity index (χ4n) is 1.25. The van der Waals surface area contributed by atoms with Gasteiger partial charge in [-0.05, 0) is 41.8 Å². The molecule has 0 fully saturated rings.